The standard InChI is InChI=1S/C15H10N2O5/c18-14(19)8-9-1-6-13-12(7-9)15(16-22-13)10-2-4-11(5-3-10)17(20)21/h1-7H,8H2,(H,18,19). The molecule has 0 atom stereocenters. The average molecular weight is 298 g/mol. The van der Waals surface area contributed by atoms with Crippen LogP contribution >= 0.6 is 0 Å². The van der Waals surface area contributed by atoms with Crippen LogP contribution in [0.15, 0.2) is 47.0 Å². The number of carbonyl (C=O) groups is 1. The van der Waals surface area contributed by atoms with Crippen molar-refractivity contribution in [3.8, 4) is 11.3 Å². The van der Waals surface area contributed by atoms with Crippen LogP contribution in [0.5, 0.6) is 0 Å². The van der Waals surface area contributed by atoms with Gasteiger partial charge in [-0.05, 0) is 29.8 Å². The molecule has 0 radical (unpaired) electrons. The summed E-state index contributed by atoms with van der Waals surface area (Å²) in [6, 6.07) is 11.0. The van der Waals surface area contributed by atoms with E-state index in [1.807, 2.05) is 0 Å². The molecular formula is C15H10N2O5. The molecule has 3 aromatic rings. The summed E-state index contributed by atoms with van der Waals surface area (Å²) >= 11 is 0. The Hall–Kier alpha value is -3.22. The first kappa shape index (κ1) is 13.7. The predicted molar refractivity (Wildman–Crippen MR) is 77.4 cm³/mol. The Balaban J connectivity index is 2.06. The normalized spacial score (nSPS) is 10.7. The molecule has 110 valence electrons. The van der Waals surface area contributed by atoms with E-state index in [9.17, 15) is 14.9 Å². The zero-order chi connectivity index (χ0) is 15.7. The number of nitro benzene ring substituents is 1. The molecule has 22 heavy (non-hydrogen) atoms. The van der Waals surface area contributed by atoms with Crippen LogP contribution in [0.1, 0.15) is 5.56 Å². The Morgan fingerprint density at radius 2 is 1.95 bits per heavy atom. The maximum absolute atomic E-state index is 10.8. The number of fused-ring (bicyclic) bond motifs is 1. The van der Waals surface area contributed by atoms with Crippen molar-refractivity contribution in [2.24, 2.45) is 0 Å². The van der Waals surface area contributed by atoms with Gasteiger partial charge < -0.3 is 9.63 Å². The van der Waals surface area contributed by atoms with Crippen molar-refractivity contribution < 1.29 is 19.3 Å². The van der Waals surface area contributed by atoms with Crippen molar-refractivity contribution in [2.45, 2.75) is 6.42 Å². The fourth-order valence-electron chi connectivity index (χ4n) is 2.22. The second kappa shape index (κ2) is 5.28. The van der Waals surface area contributed by atoms with Crippen LogP contribution in [0.2, 0.25) is 0 Å². The van der Waals surface area contributed by atoms with Crippen LogP contribution in [0.3, 0.4) is 0 Å². The average Bonchev–Trinajstić information content (AvgIpc) is 2.90. The SMILES string of the molecule is O=C(O)Cc1ccc2onc(-c3ccc([N+](=O)[O-])cc3)c2c1. The van der Waals surface area contributed by atoms with E-state index in [4.69, 9.17) is 9.63 Å². The van der Waals surface area contributed by atoms with Crippen molar-refractivity contribution in [1.82, 2.24) is 5.16 Å². The monoisotopic (exact) mass is 298 g/mol. The molecule has 0 bridgehead atoms. The Morgan fingerprint density at radius 1 is 1.23 bits per heavy atom. The number of benzene rings is 2. The van der Waals surface area contributed by atoms with Gasteiger partial charge in [0.25, 0.3) is 5.69 Å². The lowest BCUT2D eigenvalue weighted by Crippen LogP contribution is -1.99. The number of carboxylic acid groups (broad SMARTS) is 1. The Labute approximate surface area is 123 Å². The van der Waals surface area contributed by atoms with E-state index < -0.39 is 10.9 Å². The van der Waals surface area contributed by atoms with Crippen molar-refractivity contribution in [2.75, 3.05) is 0 Å². The summed E-state index contributed by atoms with van der Waals surface area (Å²) < 4.78 is 5.21. The van der Waals surface area contributed by atoms with Crippen LogP contribution < -0.4 is 0 Å². The van der Waals surface area contributed by atoms with Crippen molar-refractivity contribution in [1.29, 1.82) is 0 Å². The third-order valence-electron chi connectivity index (χ3n) is 3.24. The summed E-state index contributed by atoms with van der Waals surface area (Å²) in [6.07, 6.45) is -0.0964. The summed E-state index contributed by atoms with van der Waals surface area (Å²) in [5.41, 5.74) is 2.34. The number of nitrogens with zero attached hydrogens (tertiary/aromatic N) is 2. The largest absolute Gasteiger partial charge is 0.481 e. The van der Waals surface area contributed by atoms with E-state index in [1.165, 1.54) is 12.1 Å². The van der Waals surface area contributed by atoms with Gasteiger partial charge in [0.05, 0.1) is 11.3 Å². The quantitative estimate of drug-likeness (QED) is 0.586. The molecule has 0 spiro atoms. The number of hydrogen-bond acceptors (Lipinski definition) is 5. The van der Waals surface area contributed by atoms with Crippen molar-refractivity contribution in [3.63, 3.8) is 0 Å². The molecular weight excluding hydrogens is 288 g/mol. The molecule has 2 aromatic carbocycles. The topological polar surface area (TPSA) is 106 Å². The van der Waals surface area contributed by atoms with Gasteiger partial charge >= 0.3 is 5.97 Å². The van der Waals surface area contributed by atoms with E-state index in [2.05, 4.69) is 5.16 Å². The lowest BCUT2D eigenvalue weighted by molar-refractivity contribution is -0.384. The molecule has 0 unspecified atom stereocenters. The van der Waals surface area contributed by atoms with Crippen LogP contribution in [0.4, 0.5) is 5.69 Å². The highest BCUT2D eigenvalue weighted by molar-refractivity contribution is 5.92. The van der Waals surface area contributed by atoms with Gasteiger partial charge in [0.1, 0.15) is 5.69 Å². The first-order chi connectivity index (χ1) is 10.5. The third-order valence-corrected chi connectivity index (χ3v) is 3.24. The maximum atomic E-state index is 10.8. The molecule has 0 fully saturated rings. The fourth-order valence-corrected chi connectivity index (χ4v) is 2.22. The predicted octanol–water partition coefficient (Wildman–Crippen LogP) is 3.03. The minimum Gasteiger partial charge on any atom is -0.481 e. The maximum Gasteiger partial charge on any atom is 0.307 e. The first-order valence-electron chi connectivity index (χ1n) is 6.39. The van der Waals surface area contributed by atoms with E-state index in [-0.39, 0.29) is 12.1 Å². The highest BCUT2D eigenvalue weighted by atomic mass is 16.6. The zero-order valence-electron chi connectivity index (χ0n) is 11.2. The van der Waals surface area contributed by atoms with Gasteiger partial charge in [-0.2, -0.15) is 0 Å². The second-order valence-electron chi connectivity index (χ2n) is 4.74. The molecule has 1 N–H and O–H groups in total. The smallest absolute Gasteiger partial charge is 0.307 e. The summed E-state index contributed by atoms with van der Waals surface area (Å²) in [6.45, 7) is 0. The van der Waals surface area contributed by atoms with Crippen molar-refractivity contribution in [3.05, 3.63) is 58.1 Å². The van der Waals surface area contributed by atoms with Gasteiger partial charge in [-0.15, -0.1) is 0 Å². The number of non-ortho nitro benzene ring substituents is 1. The van der Waals surface area contributed by atoms with E-state index in [0.717, 1.165) is 0 Å². The molecule has 7 nitrogen and oxygen atoms in total. The first-order valence-corrected chi connectivity index (χ1v) is 6.39. The van der Waals surface area contributed by atoms with Crippen LogP contribution in [-0.4, -0.2) is 21.2 Å². The molecule has 0 saturated carbocycles. The number of rotatable bonds is 4. The highest BCUT2D eigenvalue weighted by Crippen LogP contribution is 2.29. The fraction of sp³-hybridized carbons (Fsp3) is 0.0667. The number of hydrogen-bond donors (Lipinski definition) is 1. The number of carboxylic acids is 1. The Kier molecular flexibility index (Phi) is 3.30. The lowest BCUT2D eigenvalue weighted by Gasteiger charge is -1.99. The summed E-state index contributed by atoms with van der Waals surface area (Å²) in [7, 11) is 0. The minimum atomic E-state index is -0.923. The molecule has 0 saturated heterocycles. The van der Waals surface area contributed by atoms with E-state index in [1.54, 1.807) is 30.3 Å². The van der Waals surface area contributed by atoms with Crippen molar-refractivity contribution >= 4 is 22.6 Å². The molecule has 0 aliphatic rings. The summed E-state index contributed by atoms with van der Waals surface area (Å²) in [5.74, 6) is -0.923. The third kappa shape index (κ3) is 2.51. The van der Waals surface area contributed by atoms with E-state index >= 15 is 0 Å². The van der Waals surface area contributed by atoms with Gasteiger partial charge in [0.2, 0.25) is 0 Å². The Bertz CT molecular complexity index is 867. The number of aromatic nitrogens is 1. The zero-order valence-corrected chi connectivity index (χ0v) is 11.2. The molecule has 0 aliphatic carbocycles. The highest BCUT2D eigenvalue weighted by Gasteiger charge is 2.13. The van der Waals surface area contributed by atoms with Gasteiger partial charge in [-0.1, -0.05) is 11.2 Å². The molecule has 1 heterocycles. The van der Waals surface area contributed by atoms with E-state index in [0.29, 0.717) is 27.8 Å². The van der Waals surface area contributed by atoms with Crippen LogP contribution in [-0.2, 0) is 11.2 Å². The number of aliphatic carboxylic acids is 1. The Morgan fingerprint density at radius 3 is 2.59 bits per heavy atom. The van der Waals surface area contributed by atoms with Gasteiger partial charge in [-0.3, -0.25) is 14.9 Å². The minimum absolute atomic E-state index is 0.0110. The summed E-state index contributed by atoms with van der Waals surface area (Å²) in [5, 5.41) is 24.2. The van der Waals surface area contributed by atoms with Gasteiger partial charge in [0, 0.05) is 23.1 Å². The number of nitro groups is 1. The second-order valence-corrected chi connectivity index (χ2v) is 4.74. The van der Waals surface area contributed by atoms with Gasteiger partial charge in [-0.25, -0.2) is 0 Å². The molecule has 1 aromatic heterocycles. The van der Waals surface area contributed by atoms with Gasteiger partial charge in [0.15, 0.2) is 5.58 Å². The van der Waals surface area contributed by atoms with Crippen LogP contribution in [0.25, 0.3) is 22.2 Å². The van der Waals surface area contributed by atoms with Crippen LogP contribution in [0, 0.1) is 10.1 Å². The summed E-state index contributed by atoms with van der Waals surface area (Å²) in [4.78, 5) is 21.0. The molecule has 0 amide bonds. The molecule has 0 aliphatic heterocycles. The lowest BCUT2D eigenvalue weighted by atomic mass is 10.0. The molecule has 7 heteroatoms. The molecule has 3 rings (SSSR count).